The summed E-state index contributed by atoms with van der Waals surface area (Å²) in [6.07, 6.45) is 0. The molecule has 0 spiro atoms. The van der Waals surface area contributed by atoms with Gasteiger partial charge in [0, 0.05) is 0 Å². The largest absolute Gasteiger partial charge is 0.109 e. The molecule has 0 saturated heterocycles. The first kappa shape index (κ1) is 16.2. The standard InChI is InChI=1S/C21H21BrSi/c1-23(2,20-16-10-5-11-17-20)21(22,18-12-6-3-7-13-18)19-14-8-4-9-15-19/h3-17H,1-2H3. The summed E-state index contributed by atoms with van der Waals surface area (Å²) in [4.78, 5) is 0. The van der Waals surface area contributed by atoms with E-state index in [1.54, 1.807) is 0 Å². The molecular formula is C21H21BrSi. The van der Waals surface area contributed by atoms with Gasteiger partial charge in [-0.3, -0.25) is 0 Å². The fourth-order valence-electron chi connectivity index (χ4n) is 3.28. The fourth-order valence-corrected chi connectivity index (χ4v) is 7.69. The molecular weight excluding hydrogens is 360 g/mol. The Kier molecular flexibility index (Phi) is 4.56. The second-order valence-electron chi connectivity index (χ2n) is 6.38. The number of alkyl halides is 1. The molecule has 3 aromatic rings. The first-order valence-corrected chi connectivity index (χ1v) is 11.7. The lowest BCUT2D eigenvalue weighted by atomic mass is 10.0. The molecule has 0 saturated carbocycles. The lowest BCUT2D eigenvalue weighted by Gasteiger charge is -2.42. The maximum absolute atomic E-state index is 4.22. The van der Waals surface area contributed by atoms with Crippen molar-refractivity contribution in [1.82, 2.24) is 0 Å². The minimum atomic E-state index is -1.90. The molecule has 0 amide bonds. The van der Waals surface area contributed by atoms with Gasteiger partial charge in [0.05, 0.1) is 3.95 Å². The van der Waals surface area contributed by atoms with Crippen LogP contribution in [-0.2, 0) is 3.95 Å². The van der Waals surface area contributed by atoms with Crippen molar-refractivity contribution < 1.29 is 0 Å². The second-order valence-corrected chi connectivity index (χ2v) is 12.9. The summed E-state index contributed by atoms with van der Waals surface area (Å²) in [5, 5.41) is 1.45. The van der Waals surface area contributed by atoms with Crippen LogP contribution in [0.4, 0.5) is 0 Å². The molecule has 3 rings (SSSR count). The van der Waals surface area contributed by atoms with Crippen LogP contribution in [0.1, 0.15) is 11.1 Å². The van der Waals surface area contributed by atoms with Gasteiger partial charge in [-0.15, -0.1) is 0 Å². The maximum Gasteiger partial charge on any atom is 0.109 e. The first-order chi connectivity index (χ1) is 11.1. The van der Waals surface area contributed by atoms with Gasteiger partial charge in [0.25, 0.3) is 0 Å². The van der Waals surface area contributed by atoms with E-state index in [2.05, 4.69) is 120 Å². The highest BCUT2D eigenvalue weighted by Crippen LogP contribution is 2.45. The van der Waals surface area contributed by atoms with Crippen LogP contribution in [0.3, 0.4) is 0 Å². The van der Waals surface area contributed by atoms with Gasteiger partial charge in [-0.1, -0.05) is 125 Å². The van der Waals surface area contributed by atoms with E-state index in [0.29, 0.717) is 0 Å². The zero-order valence-corrected chi connectivity index (χ0v) is 16.1. The second kappa shape index (κ2) is 6.46. The van der Waals surface area contributed by atoms with Gasteiger partial charge in [-0.25, -0.2) is 0 Å². The third kappa shape index (κ3) is 2.82. The van der Waals surface area contributed by atoms with Gasteiger partial charge in [0.2, 0.25) is 0 Å². The van der Waals surface area contributed by atoms with Gasteiger partial charge in [0.15, 0.2) is 0 Å². The van der Waals surface area contributed by atoms with E-state index in [4.69, 9.17) is 0 Å². The van der Waals surface area contributed by atoms with Crippen LogP contribution >= 0.6 is 15.9 Å². The summed E-state index contributed by atoms with van der Waals surface area (Å²) >= 11 is 4.22. The summed E-state index contributed by atoms with van der Waals surface area (Å²) in [5.41, 5.74) is 2.65. The van der Waals surface area contributed by atoms with E-state index in [0.717, 1.165) is 0 Å². The van der Waals surface area contributed by atoms with Gasteiger partial charge < -0.3 is 0 Å². The van der Waals surface area contributed by atoms with Crippen molar-refractivity contribution in [3.63, 3.8) is 0 Å². The quantitative estimate of drug-likeness (QED) is 0.415. The Labute approximate surface area is 148 Å². The van der Waals surface area contributed by atoms with Crippen LogP contribution < -0.4 is 5.19 Å². The maximum atomic E-state index is 4.22. The summed E-state index contributed by atoms with van der Waals surface area (Å²) in [6, 6.07) is 32.6. The lowest BCUT2D eigenvalue weighted by Crippen LogP contribution is -2.57. The Morgan fingerprint density at radius 3 is 1.35 bits per heavy atom. The smallest absolute Gasteiger partial charge is 0.0782 e. The van der Waals surface area contributed by atoms with Crippen molar-refractivity contribution in [2.24, 2.45) is 0 Å². The van der Waals surface area contributed by atoms with Crippen LogP contribution in [-0.4, -0.2) is 8.07 Å². The van der Waals surface area contributed by atoms with Gasteiger partial charge in [-0.2, -0.15) is 0 Å². The predicted molar refractivity (Wildman–Crippen MR) is 106 cm³/mol. The van der Waals surface area contributed by atoms with Crippen molar-refractivity contribution in [3.8, 4) is 0 Å². The molecule has 0 radical (unpaired) electrons. The average molecular weight is 381 g/mol. The molecule has 0 heterocycles. The minimum Gasteiger partial charge on any atom is -0.0782 e. The number of benzene rings is 3. The number of halogens is 1. The fraction of sp³-hybridized carbons (Fsp3) is 0.143. The molecule has 0 nitrogen and oxygen atoms in total. The summed E-state index contributed by atoms with van der Waals surface area (Å²) in [6.45, 7) is 4.88. The third-order valence-electron chi connectivity index (χ3n) is 4.70. The molecule has 0 atom stereocenters. The molecule has 0 fully saturated rings. The average Bonchev–Trinajstić information content (AvgIpc) is 2.63. The van der Waals surface area contributed by atoms with Crippen molar-refractivity contribution in [2.45, 2.75) is 17.0 Å². The van der Waals surface area contributed by atoms with Crippen molar-refractivity contribution in [2.75, 3.05) is 0 Å². The normalized spacial score (nSPS) is 12.1. The van der Waals surface area contributed by atoms with Crippen molar-refractivity contribution in [1.29, 1.82) is 0 Å². The van der Waals surface area contributed by atoms with Crippen LogP contribution in [0.2, 0.25) is 13.1 Å². The van der Waals surface area contributed by atoms with Gasteiger partial charge >= 0.3 is 0 Å². The predicted octanol–water partition coefficient (Wildman–Crippen LogP) is 5.48. The van der Waals surface area contributed by atoms with Gasteiger partial charge in [-0.05, 0) is 11.1 Å². The van der Waals surface area contributed by atoms with Crippen LogP contribution in [0.15, 0.2) is 91.0 Å². The molecule has 0 aliphatic rings. The molecule has 23 heavy (non-hydrogen) atoms. The van der Waals surface area contributed by atoms with E-state index in [9.17, 15) is 0 Å². The van der Waals surface area contributed by atoms with Crippen LogP contribution in [0, 0.1) is 0 Å². The third-order valence-corrected chi connectivity index (χ3v) is 12.7. The Balaban J connectivity index is 2.25. The summed E-state index contributed by atoms with van der Waals surface area (Å²) < 4.78 is -0.163. The highest BCUT2D eigenvalue weighted by Gasteiger charge is 2.48. The number of hydrogen-bond acceptors (Lipinski definition) is 0. The molecule has 0 bridgehead atoms. The minimum absolute atomic E-state index is 0.163. The Bertz CT molecular complexity index is 712. The van der Waals surface area contributed by atoms with Crippen LogP contribution in [0.5, 0.6) is 0 Å². The summed E-state index contributed by atoms with van der Waals surface area (Å²) in [7, 11) is -1.90. The molecule has 0 aliphatic carbocycles. The Morgan fingerprint density at radius 2 is 0.957 bits per heavy atom. The molecule has 3 aromatic carbocycles. The summed E-state index contributed by atoms with van der Waals surface area (Å²) in [5.74, 6) is 0. The van der Waals surface area contributed by atoms with Crippen molar-refractivity contribution >= 4 is 29.2 Å². The topological polar surface area (TPSA) is 0 Å². The molecule has 116 valence electrons. The Hall–Kier alpha value is -1.64. The SMILES string of the molecule is C[Si](C)(c1ccccc1)C(Br)(c1ccccc1)c1ccccc1. The Morgan fingerprint density at radius 1 is 0.609 bits per heavy atom. The zero-order chi connectivity index (χ0) is 16.3. The van der Waals surface area contributed by atoms with E-state index in [1.165, 1.54) is 16.3 Å². The van der Waals surface area contributed by atoms with E-state index < -0.39 is 8.07 Å². The van der Waals surface area contributed by atoms with Crippen molar-refractivity contribution in [3.05, 3.63) is 102 Å². The number of hydrogen-bond donors (Lipinski definition) is 0. The highest BCUT2D eigenvalue weighted by molar-refractivity contribution is 9.10. The van der Waals surface area contributed by atoms with E-state index in [-0.39, 0.29) is 3.95 Å². The first-order valence-electron chi connectivity index (χ1n) is 7.92. The molecule has 0 unspecified atom stereocenters. The van der Waals surface area contributed by atoms with Crippen LogP contribution in [0.25, 0.3) is 0 Å². The van der Waals surface area contributed by atoms with E-state index >= 15 is 0 Å². The van der Waals surface area contributed by atoms with Gasteiger partial charge in [0.1, 0.15) is 8.07 Å². The molecule has 0 aromatic heterocycles. The lowest BCUT2D eigenvalue weighted by molar-refractivity contribution is 1.02. The molecule has 0 aliphatic heterocycles. The number of rotatable bonds is 4. The molecule has 0 N–H and O–H groups in total. The zero-order valence-electron chi connectivity index (χ0n) is 13.5. The monoisotopic (exact) mass is 380 g/mol. The van der Waals surface area contributed by atoms with E-state index in [1.807, 2.05) is 0 Å². The highest BCUT2D eigenvalue weighted by atomic mass is 79.9. The molecule has 2 heteroatoms.